The molecule has 0 radical (unpaired) electrons. The Bertz CT molecular complexity index is 821. The van der Waals surface area contributed by atoms with Crippen LogP contribution in [0.15, 0.2) is 42.6 Å². The number of hydrogen-bond donors (Lipinski definition) is 2. The van der Waals surface area contributed by atoms with Gasteiger partial charge < -0.3 is 10.8 Å². The van der Waals surface area contributed by atoms with Gasteiger partial charge in [-0.15, -0.1) is 0 Å². The normalized spacial score (nSPS) is 10.8. The van der Waals surface area contributed by atoms with Crippen molar-refractivity contribution in [2.75, 3.05) is 5.73 Å². The van der Waals surface area contributed by atoms with Crippen molar-refractivity contribution in [1.29, 1.82) is 0 Å². The zero-order valence-electron chi connectivity index (χ0n) is 10.9. The molecule has 0 aliphatic heterocycles. The van der Waals surface area contributed by atoms with Gasteiger partial charge in [0.2, 0.25) is 0 Å². The van der Waals surface area contributed by atoms with Gasteiger partial charge >= 0.3 is 5.97 Å². The molecule has 0 amide bonds. The second-order valence-electron chi connectivity index (χ2n) is 4.59. The molecule has 3 rings (SSSR count). The number of nitrogens with zero attached hydrogens (tertiary/aromatic N) is 2. The van der Waals surface area contributed by atoms with Gasteiger partial charge in [0.05, 0.1) is 5.69 Å². The molecule has 5 heteroatoms. The molecular formula is C15H13N3O2. The summed E-state index contributed by atoms with van der Waals surface area (Å²) in [5.74, 6) is -0.497. The Morgan fingerprint density at radius 3 is 2.70 bits per heavy atom. The molecule has 20 heavy (non-hydrogen) atoms. The van der Waals surface area contributed by atoms with Crippen LogP contribution in [0, 0.1) is 6.92 Å². The number of nitrogen functional groups attached to an aromatic ring is 1. The monoisotopic (exact) mass is 267 g/mol. The van der Waals surface area contributed by atoms with Crippen LogP contribution >= 0.6 is 0 Å². The van der Waals surface area contributed by atoms with Crippen LogP contribution in [0.1, 0.15) is 16.1 Å². The minimum Gasteiger partial charge on any atom is -0.476 e. The Morgan fingerprint density at radius 2 is 2.00 bits per heavy atom. The fraction of sp³-hybridized carbons (Fsp3) is 0.0667. The first kappa shape index (κ1) is 12.2. The Labute approximate surface area is 115 Å². The first-order chi connectivity index (χ1) is 9.59. The van der Waals surface area contributed by atoms with Gasteiger partial charge in [0, 0.05) is 11.8 Å². The van der Waals surface area contributed by atoms with Crippen molar-refractivity contribution < 1.29 is 9.90 Å². The molecule has 0 saturated carbocycles. The summed E-state index contributed by atoms with van der Waals surface area (Å²) >= 11 is 0. The molecule has 100 valence electrons. The van der Waals surface area contributed by atoms with Crippen LogP contribution in [0.4, 0.5) is 5.69 Å². The molecule has 0 bridgehead atoms. The highest BCUT2D eigenvalue weighted by Gasteiger charge is 2.20. The van der Waals surface area contributed by atoms with Crippen molar-refractivity contribution in [1.82, 2.24) is 9.38 Å². The first-order valence-electron chi connectivity index (χ1n) is 6.15. The van der Waals surface area contributed by atoms with Gasteiger partial charge in [0.1, 0.15) is 11.3 Å². The van der Waals surface area contributed by atoms with Gasteiger partial charge in [-0.25, -0.2) is 9.78 Å². The quantitative estimate of drug-likeness (QED) is 0.747. The molecular weight excluding hydrogens is 254 g/mol. The minimum absolute atomic E-state index is 0.0265. The summed E-state index contributed by atoms with van der Waals surface area (Å²) < 4.78 is 1.72. The first-order valence-corrected chi connectivity index (χ1v) is 6.15. The topological polar surface area (TPSA) is 80.6 Å². The van der Waals surface area contributed by atoms with E-state index in [-0.39, 0.29) is 5.69 Å². The maximum absolute atomic E-state index is 11.4. The molecule has 0 fully saturated rings. The lowest BCUT2D eigenvalue weighted by Crippen LogP contribution is -2.00. The highest BCUT2D eigenvalue weighted by Crippen LogP contribution is 2.28. The predicted molar refractivity (Wildman–Crippen MR) is 76.7 cm³/mol. The zero-order valence-corrected chi connectivity index (χ0v) is 10.9. The van der Waals surface area contributed by atoms with Crippen molar-refractivity contribution in [3.63, 3.8) is 0 Å². The summed E-state index contributed by atoms with van der Waals surface area (Å²) in [6.45, 7) is 1.96. The van der Waals surface area contributed by atoms with E-state index in [2.05, 4.69) is 4.98 Å². The van der Waals surface area contributed by atoms with E-state index in [9.17, 15) is 9.90 Å². The number of fused-ring (bicyclic) bond motifs is 1. The van der Waals surface area contributed by atoms with Gasteiger partial charge in [0.15, 0.2) is 5.69 Å². The number of pyridine rings is 1. The maximum atomic E-state index is 11.4. The molecule has 0 unspecified atom stereocenters. The van der Waals surface area contributed by atoms with Crippen molar-refractivity contribution >= 4 is 17.2 Å². The summed E-state index contributed by atoms with van der Waals surface area (Å²) in [6.07, 6.45) is 1.77. The fourth-order valence-corrected chi connectivity index (χ4v) is 2.33. The lowest BCUT2D eigenvalue weighted by molar-refractivity contribution is 0.0693. The van der Waals surface area contributed by atoms with E-state index in [0.717, 1.165) is 11.1 Å². The molecule has 0 aliphatic carbocycles. The molecule has 1 aromatic carbocycles. The molecule has 0 saturated heterocycles. The SMILES string of the molecule is Cc1ccccc1-c1nc(C(=O)O)c2c(N)cccn12. The number of benzene rings is 1. The average Bonchev–Trinajstić information content (AvgIpc) is 2.80. The highest BCUT2D eigenvalue weighted by molar-refractivity contribution is 5.99. The minimum atomic E-state index is -1.08. The Balaban J connectivity index is 2.41. The molecule has 0 atom stereocenters. The van der Waals surface area contributed by atoms with E-state index in [1.165, 1.54) is 0 Å². The number of nitrogens with two attached hydrogens (primary N) is 1. The van der Waals surface area contributed by atoms with Gasteiger partial charge in [0.25, 0.3) is 0 Å². The van der Waals surface area contributed by atoms with Gasteiger partial charge in [-0.2, -0.15) is 0 Å². The van der Waals surface area contributed by atoms with Crippen LogP contribution < -0.4 is 5.73 Å². The third kappa shape index (κ3) is 1.72. The number of carboxylic acids is 1. The fourth-order valence-electron chi connectivity index (χ4n) is 2.33. The van der Waals surface area contributed by atoms with Crippen molar-refractivity contribution in [3.05, 3.63) is 53.9 Å². The van der Waals surface area contributed by atoms with E-state index < -0.39 is 5.97 Å². The summed E-state index contributed by atoms with van der Waals surface area (Å²) in [5.41, 5.74) is 8.62. The largest absolute Gasteiger partial charge is 0.476 e. The van der Waals surface area contributed by atoms with E-state index >= 15 is 0 Å². The van der Waals surface area contributed by atoms with E-state index in [1.807, 2.05) is 31.2 Å². The molecule has 0 aliphatic rings. The van der Waals surface area contributed by atoms with E-state index in [0.29, 0.717) is 17.0 Å². The number of rotatable bonds is 2. The van der Waals surface area contributed by atoms with Gasteiger partial charge in [-0.3, -0.25) is 4.40 Å². The number of aromatic carboxylic acids is 1. The number of carboxylic acid groups (broad SMARTS) is 1. The number of imidazole rings is 1. The average molecular weight is 267 g/mol. The molecule has 3 N–H and O–H groups in total. The number of anilines is 1. The van der Waals surface area contributed by atoms with E-state index in [1.54, 1.807) is 22.7 Å². The zero-order chi connectivity index (χ0) is 14.3. The third-order valence-corrected chi connectivity index (χ3v) is 3.28. The van der Waals surface area contributed by atoms with Gasteiger partial charge in [-0.05, 0) is 24.6 Å². The van der Waals surface area contributed by atoms with Crippen LogP contribution in [-0.4, -0.2) is 20.5 Å². The lowest BCUT2D eigenvalue weighted by atomic mass is 10.1. The standard InChI is InChI=1S/C15H13N3O2/c1-9-5-2-3-6-10(9)14-17-12(15(19)20)13-11(16)7-4-8-18(13)14/h2-8H,16H2,1H3,(H,19,20). The lowest BCUT2D eigenvalue weighted by Gasteiger charge is -2.05. The molecule has 2 aromatic heterocycles. The summed E-state index contributed by atoms with van der Waals surface area (Å²) in [6, 6.07) is 11.2. The number of aryl methyl sites for hydroxylation is 1. The Kier molecular flexibility index (Phi) is 2.68. The van der Waals surface area contributed by atoms with Crippen LogP contribution in [0.5, 0.6) is 0 Å². The van der Waals surface area contributed by atoms with E-state index in [4.69, 9.17) is 5.73 Å². The van der Waals surface area contributed by atoms with Crippen LogP contribution in [0.2, 0.25) is 0 Å². The summed E-state index contributed by atoms with van der Waals surface area (Å²) in [7, 11) is 0. The smallest absolute Gasteiger partial charge is 0.356 e. The molecule has 3 aromatic rings. The molecule has 5 nitrogen and oxygen atoms in total. The second-order valence-corrected chi connectivity index (χ2v) is 4.59. The maximum Gasteiger partial charge on any atom is 0.356 e. The van der Waals surface area contributed by atoms with Crippen molar-refractivity contribution in [3.8, 4) is 11.4 Å². The summed E-state index contributed by atoms with van der Waals surface area (Å²) in [4.78, 5) is 15.6. The molecule has 2 heterocycles. The van der Waals surface area contributed by atoms with Crippen LogP contribution in [0.3, 0.4) is 0 Å². The molecule has 0 spiro atoms. The Morgan fingerprint density at radius 1 is 1.25 bits per heavy atom. The highest BCUT2D eigenvalue weighted by atomic mass is 16.4. The van der Waals surface area contributed by atoms with Crippen molar-refractivity contribution in [2.45, 2.75) is 6.92 Å². The third-order valence-electron chi connectivity index (χ3n) is 3.28. The Hall–Kier alpha value is -2.82. The van der Waals surface area contributed by atoms with Crippen LogP contribution in [0.25, 0.3) is 16.9 Å². The summed E-state index contributed by atoms with van der Waals surface area (Å²) in [5, 5.41) is 9.31. The number of hydrogen-bond acceptors (Lipinski definition) is 3. The van der Waals surface area contributed by atoms with Gasteiger partial charge in [-0.1, -0.05) is 24.3 Å². The number of carbonyl (C=O) groups is 1. The second kappa shape index (κ2) is 4.38. The number of aromatic nitrogens is 2. The van der Waals surface area contributed by atoms with Crippen LogP contribution in [-0.2, 0) is 0 Å². The predicted octanol–water partition coefficient (Wildman–Crippen LogP) is 2.59. The van der Waals surface area contributed by atoms with Crippen molar-refractivity contribution in [2.24, 2.45) is 0 Å².